The van der Waals surface area contributed by atoms with Crippen molar-refractivity contribution >= 4 is 11.8 Å². The number of Topliss-reactive ketones (excluding diaryl/α,β-unsaturated/α-hetero) is 1. The lowest BCUT2D eigenvalue weighted by atomic mass is 9.56. The summed E-state index contributed by atoms with van der Waals surface area (Å²) in [5.41, 5.74) is 1.39. The first kappa shape index (κ1) is 19.6. The molecular weight excluding hydrogens is 324 g/mol. The fourth-order valence-corrected chi connectivity index (χ4v) is 6.34. The molecule has 0 spiro atoms. The smallest absolute Gasteiger partial charge is 0.302 e. The maximum absolute atomic E-state index is 12.6. The van der Waals surface area contributed by atoms with Crippen LogP contribution in [0.4, 0.5) is 0 Å². The number of hydrogen-bond acceptors (Lipinski definition) is 3. The number of carbonyl (C=O) groups is 2. The zero-order chi connectivity index (χ0) is 18.9. The number of fused-ring (bicyclic) bond motifs is 1. The molecule has 3 saturated carbocycles. The van der Waals surface area contributed by atoms with Crippen LogP contribution < -0.4 is 0 Å². The summed E-state index contributed by atoms with van der Waals surface area (Å²) in [5.74, 6) is 2.75. The van der Waals surface area contributed by atoms with E-state index in [1.54, 1.807) is 0 Å². The molecule has 0 aromatic carbocycles. The van der Waals surface area contributed by atoms with Crippen molar-refractivity contribution in [3.8, 4) is 0 Å². The van der Waals surface area contributed by atoms with Gasteiger partial charge in [-0.3, -0.25) is 9.59 Å². The summed E-state index contributed by atoms with van der Waals surface area (Å²) in [6.45, 7) is 8.42. The van der Waals surface area contributed by atoms with Gasteiger partial charge in [-0.15, -0.1) is 0 Å². The Kier molecular flexibility index (Phi) is 5.94. The van der Waals surface area contributed by atoms with Gasteiger partial charge in [-0.2, -0.15) is 0 Å². The number of allylic oxidation sites excluding steroid dienone is 1. The van der Waals surface area contributed by atoms with Gasteiger partial charge < -0.3 is 4.74 Å². The van der Waals surface area contributed by atoms with Crippen molar-refractivity contribution in [2.24, 2.45) is 29.1 Å². The summed E-state index contributed by atoms with van der Waals surface area (Å²) in [6, 6.07) is 0. The molecule has 3 fully saturated rings. The van der Waals surface area contributed by atoms with E-state index >= 15 is 0 Å². The normalized spacial score (nSPS) is 40.3. The molecule has 3 rings (SSSR count). The van der Waals surface area contributed by atoms with Gasteiger partial charge >= 0.3 is 5.97 Å². The van der Waals surface area contributed by atoms with Gasteiger partial charge in [0, 0.05) is 25.2 Å². The van der Waals surface area contributed by atoms with Crippen molar-refractivity contribution < 1.29 is 14.3 Å². The number of rotatable bonds is 4. The minimum Gasteiger partial charge on any atom is -0.462 e. The van der Waals surface area contributed by atoms with E-state index < -0.39 is 0 Å². The Bertz CT molecular complexity index is 578. The molecule has 146 valence electrons. The summed E-state index contributed by atoms with van der Waals surface area (Å²) in [7, 11) is 0. The van der Waals surface area contributed by atoms with Crippen LogP contribution in [-0.4, -0.2) is 17.9 Å². The van der Waals surface area contributed by atoms with E-state index in [4.69, 9.17) is 4.74 Å². The molecule has 0 bridgehead atoms. The van der Waals surface area contributed by atoms with E-state index in [9.17, 15) is 9.59 Å². The first-order chi connectivity index (χ1) is 12.3. The molecule has 0 N–H and O–H groups in total. The lowest BCUT2D eigenvalue weighted by Gasteiger charge is -2.47. The van der Waals surface area contributed by atoms with Crippen LogP contribution in [0.5, 0.6) is 0 Å². The van der Waals surface area contributed by atoms with E-state index in [0.717, 1.165) is 50.9 Å². The quantitative estimate of drug-likeness (QED) is 0.493. The van der Waals surface area contributed by atoms with Crippen LogP contribution >= 0.6 is 0 Å². The molecule has 0 radical (unpaired) electrons. The SMILES string of the molecule is CCC1CC[C@]2(C)C(=O)CCC2C1[C@@H](C)/C=C1\CCCC(OC(C)=O)C1. The second-order valence-electron chi connectivity index (χ2n) is 9.28. The molecule has 26 heavy (non-hydrogen) atoms. The largest absolute Gasteiger partial charge is 0.462 e. The zero-order valence-electron chi connectivity index (χ0n) is 17.1. The average molecular weight is 361 g/mol. The van der Waals surface area contributed by atoms with Gasteiger partial charge in [0.15, 0.2) is 0 Å². The second kappa shape index (κ2) is 7.86. The Morgan fingerprint density at radius 1 is 1.31 bits per heavy atom. The molecule has 3 heteroatoms. The minimum atomic E-state index is -0.164. The number of carbonyl (C=O) groups excluding carboxylic acids is 2. The van der Waals surface area contributed by atoms with Gasteiger partial charge in [0.05, 0.1) is 0 Å². The third-order valence-electron chi connectivity index (χ3n) is 7.66. The highest BCUT2D eigenvalue weighted by Crippen LogP contribution is 2.57. The van der Waals surface area contributed by atoms with E-state index in [-0.39, 0.29) is 17.5 Å². The summed E-state index contributed by atoms with van der Waals surface area (Å²) in [6.07, 6.45) is 12.0. The first-order valence-corrected chi connectivity index (χ1v) is 10.7. The highest BCUT2D eigenvalue weighted by Gasteiger charge is 2.54. The van der Waals surface area contributed by atoms with Crippen molar-refractivity contribution in [3.63, 3.8) is 0 Å². The monoisotopic (exact) mass is 360 g/mol. The predicted octanol–water partition coefficient (Wildman–Crippen LogP) is 5.48. The highest BCUT2D eigenvalue weighted by molar-refractivity contribution is 5.87. The van der Waals surface area contributed by atoms with Gasteiger partial charge in [0.25, 0.3) is 0 Å². The van der Waals surface area contributed by atoms with Crippen molar-refractivity contribution in [2.45, 2.75) is 91.6 Å². The van der Waals surface area contributed by atoms with Crippen molar-refractivity contribution in [3.05, 3.63) is 11.6 Å². The molecule has 3 aliphatic carbocycles. The predicted molar refractivity (Wildman–Crippen MR) is 104 cm³/mol. The fourth-order valence-electron chi connectivity index (χ4n) is 6.34. The Morgan fingerprint density at radius 2 is 2.08 bits per heavy atom. The molecule has 6 atom stereocenters. The molecule has 3 nitrogen and oxygen atoms in total. The number of esters is 1. The number of ketones is 1. The molecule has 0 heterocycles. The van der Waals surface area contributed by atoms with Gasteiger partial charge in [-0.1, -0.05) is 38.8 Å². The summed E-state index contributed by atoms with van der Waals surface area (Å²) < 4.78 is 5.47. The standard InChI is InChI=1S/C23H36O3/c1-5-18-11-12-23(4)20(9-10-21(23)25)22(18)15(2)13-17-7-6-8-19(14-17)26-16(3)24/h13,15,18-20,22H,5-12,14H2,1-4H3/b17-13+/t15-,18?,19?,20?,22?,23-/m0/s1. The maximum Gasteiger partial charge on any atom is 0.302 e. The van der Waals surface area contributed by atoms with Crippen LogP contribution in [0.25, 0.3) is 0 Å². The van der Waals surface area contributed by atoms with Crippen LogP contribution in [0.15, 0.2) is 11.6 Å². The molecule has 0 aliphatic heterocycles. The Balaban J connectivity index is 1.76. The number of hydrogen-bond donors (Lipinski definition) is 0. The van der Waals surface area contributed by atoms with Gasteiger partial charge in [0.1, 0.15) is 11.9 Å². The van der Waals surface area contributed by atoms with E-state index in [2.05, 4.69) is 26.8 Å². The summed E-state index contributed by atoms with van der Waals surface area (Å²) in [5, 5.41) is 0. The van der Waals surface area contributed by atoms with Crippen LogP contribution in [0, 0.1) is 29.1 Å². The fraction of sp³-hybridized carbons (Fsp3) is 0.826. The van der Waals surface area contributed by atoms with E-state index in [1.165, 1.54) is 25.3 Å². The van der Waals surface area contributed by atoms with Crippen molar-refractivity contribution in [1.29, 1.82) is 0 Å². The first-order valence-electron chi connectivity index (χ1n) is 10.7. The lowest BCUT2D eigenvalue weighted by molar-refractivity contribution is -0.147. The van der Waals surface area contributed by atoms with Crippen molar-refractivity contribution in [1.82, 2.24) is 0 Å². The van der Waals surface area contributed by atoms with Crippen LogP contribution in [-0.2, 0) is 14.3 Å². The van der Waals surface area contributed by atoms with Crippen LogP contribution in [0.2, 0.25) is 0 Å². The Morgan fingerprint density at radius 3 is 2.77 bits per heavy atom. The topological polar surface area (TPSA) is 43.4 Å². The van der Waals surface area contributed by atoms with Crippen LogP contribution in [0.3, 0.4) is 0 Å². The molecule has 0 aromatic heterocycles. The maximum atomic E-state index is 12.6. The molecule has 0 amide bonds. The van der Waals surface area contributed by atoms with E-state index in [0.29, 0.717) is 23.5 Å². The van der Waals surface area contributed by atoms with Crippen LogP contribution in [0.1, 0.15) is 85.5 Å². The molecule has 3 aliphatic rings. The molecule has 0 saturated heterocycles. The Hall–Kier alpha value is -1.12. The van der Waals surface area contributed by atoms with Gasteiger partial charge in [0.2, 0.25) is 0 Å². The van der Waals surface area contributed by atoms with E-state index in [1.807, 2.05) is 0 Å². The highest BCUT2D eigenvalue weighted by atomic mass is 16.5. The Labute approximate surface area is 158 Å². The molecule has 0 aromatic rings. The van der Waals surface area contributed by atoms with Gasteiger partial charge in [-0.25, -0.2) is 0 Å². The third kappa shape index (κ3) is 3.77. The average Bonchev–Trinajstić information content (AvgIpc) is 2.89. The third-order valence-corrected chi connectivity index (χ3v) is 7.66. The molecular formula is C23H36O3. The number of ether oxygens (including phenoxy) is 1. The van der Waals surface area contributed by atoms with Gasteiger partial charge in [-0.05, 0) is 62.2 Å². The summed E-state index contributed by atoms with van der Waals surface area (Å²) >= 11 is 0. The minimum absolute atomic E-state index is 0.0614. The molecule has 4 unspecified atom stereocenters. The lowest BCUT2D eigenvalue weighted by Crippen LogP contribution is -2.43. The zero-order valence-corrected chi connectivity index (χ0v) is 17.1. The second-order valence-corrected chi connectivity index (χ2v) is 9.28. The summed E-state index contributed by atoms with van der Waals surface area (Å²) in [4.78, 5) is 23.9. The van der Waals surface area contributed by atoms with Crippen molar-refractivity contribution in [2.75, 3.05) is 0 Å².